The summed E-state index contributed by atoms with van der Waals surface area (Å²) in [7, 11) is -4.60. The van der Waals surface area contributed by atoms with E-state index in [0.717, 1.165) is 5.56 Å². The number of hydrogen-bond donors (Lipinski definition) is 1. The van der Waals surface area contributed by atoms with E-state index in [1.807, 2.05) is 10.8 Å². The summed E-state index contributed by atoms with van der Waals surface area (Å²) in [6.45, 7) is 0. The topological polar surface area (TPSA) is 46.2 Å². The zero-order valence-electron chi connectivity index (χ0n) is 8.81. The van der Waals surface area contributed by atoms with Gasteiger partial charge in [0.05, 0.1) is 0 Å². The molecule has 17 heavy (non-hydrogen) atoms. The maximum Gasteiger partial charge on any atom is 0.350 e. The van der Waals surface area contributed by atoms with Crippen LogP contribution in [0.15, 0.2) is 30.3 Å². The predicted octanol–water partition coefficient (Wildman–Crippen LogP) is 1.98. The first-order valence-electron chi connectivity index (χ1n) is 4.85. The summed E-state index contributed by atoms with van der Waals surface area (Å²) in [4.78, 5) is 0. The molecule has 0 saturated carbocycles. The molecule has 7 heteroatoms. The minimum Gasteiger partial charge on any atom is -0.206 e. The minimum absolute atomic E-state index is 0.0686. The van der Waals surface area contributed by atoms with Gasteiger partial charge >= 0.3 is 5.76 Å². The summed E-state index contributed by atoms with van der Waals surface area (Å²) in [6.07, 6.45) is 0.274. The Labute approximate surface area is 104 Å². The molecule has 1 N–H and O–H groups in total. The number of benzene rings is 1. The molecule has 1 rings (SSSR count). The quantitative estimate of drug-likeness (QED) is 0.812. The lowest BCUT2D eigenvalue weighted by Crippen LogP contribution is -2.40. The van der Waals surface area contributed by atoms with Crippen molar-refractivity contribution in [3.63, 3.8) is 0 Å². The Kier molecular flexibility index (Phi) is 5.30. The van der Waals surface area contributed by atoms with Crippen molar-refractivity contribution in [3.8, 4) is 0 Å². The molecular weight excluding hydrogens is 272 g/mol. The highest BCUT2D eigenvalue weighted by atomic mass is 35.5. The lowest BCUT2D eigenvalue weighted by Gasteiger charge is -2.15. The molecule has 0 amide bonds. The van der Waals surface area contributed by atoms with E-state index in [-0.39, 0.29) is 12.3 Å². The first-order valence-corrected chi connectivity index (χ1v) is 6.93. The van der Waals surface area contributed by atoms with E-state index in [1.54, 1.807) is 24.3 Å². The largest absolute Gasteiger partial charge is 0.350 e. The molecule has 96 valence electrons. The monoisotopic (exact) mass is 283 g/mol. The minimum atomic E-state index is -4.60. The van der Waals surface area contributed by atoms with Crippen LogP contribution in [-0.2, 0) is 16.4 Å². The average Bonchev–Trinajstić information content (AvgIpc) is 2.29. The van der Waals surface area contributed by atoms with Crippen LogP contribution < -0.4 is 4.72 Å². The zero-order chi connectivity index (χ0) is 12.9. The second-order valence-corrected chi connectivity index (χ2v) is 5.46. The summed E-state index contributed by atoms with van der Waals surface area (Å²) < 4.78 is 48.1. The van der Waals surface area contributed by atoms with Crippen LogP contribution in [0.25, 0.3) is 0 Å². The van der Waals surface area contributed by atoms with Crippen molar-refractivity contribution in [1.29, 1.82) is 0 Å². The highest BCUT2D eigenvalue weighted by Gasteiger charge is 2.26. The summed E-state index contributed by atoms with van der Waals surface area (Å²) in [5.74, 6) is -3.51. The van der Waals surface area contributed by atoms with E-state index < -0.39 is 21.8 Å². The van der Waals surface area contributed by atoms with Gasteiger partial charge in [-0.2, -0.15) is 8.78 Å². The van der Waals surface area contributed by atoms with Crippen LogP contribution in [0.4, 0.5) is 8.78 Å². The second-order valence-electron chi connectivity index (χ2n) is 3.46. The maximum atomic E-state index is 12.2. The fourth-order valence-electron chi connectivity index (χ4n) is 1.31. The van der Waals surface area contributed by atoms with E-state index in [9.17, 15) is 17.2 Å². The third-order valence-corrected chi connectivity index (χ3v) is 3.58. The van der Waals surface area contributed by atoms with E-state index in [2.05, 4.69) is 0 Å². The summed E-state index contributed by atoms with van der Waals surface area (Å²) in [5.41, 5.74) is 0.829. The Balaban J connectivity index is 2.68. The van der Waals surface area contributed by atoms with Gasteiger partial charge in [0.15, 0.2) is 0 Å². The van der Waals surface area contributed by atoms with Crippen molar-refractivity contribution in [2.75, 3.05) is 5.88 Å². The molecule has 3 nitrogen and oxygen atoms in total. The SMILES string of the molecule is O=S(=O)(NC(CCl)Cc1ccccc1)C(F)F. The number of nitrogens with one attached hydrogen (secondary N) is 1. The van der Waals surface area contributed by atoms with Gasteiger partial charge in [-0.05, 0) is 12.0 Å². The van der Waals surface area contributed by atoms with E-state index >= 15 is 0 Å². The standard InChI is InChI=1S/C10H12ClF2NO2S/c11-7-9(14-17(15,16)10(12)13)6-8-4-2-1-3-5-8/h1-5,9-10,14H,6-7H2. The van der Waals surface area contributed by atoms with E-state index in [1.165, 1.54) is 0 Å². The maximum absolute atomic E-state index is 12.2. The van der Waals surface area contributed by atoms with E-state index in [0.29, 0.717) is 0 Å². The number of alkyl halides is 3. The third kappa shape index (κ3) is 4.57. The molecule has 0 aromatic heterocycles. The Bertz CT molecular complexity index is 439. The zero-order valence-corrected chi connectivity index (χ0v) is 10.4. The van der Waals surface area contributed by atoms with Crippen molar-refractivity contribution >= 4 is 21.6 Å². The Hall–Kier alpha value is -0.720. The third-order valence-electron chi connectivity index (χ3n) is 2.08. The fourth-order valence-corrected chi connectivity index (χ4v) is 2.32. The molecule has 0 aliphatic carbocycles. The summed E-state index contributed by atoms with van der Waals surface area (Å²) in [5, 5.41) is 0. The first kappa shape index (κ1) is 14.3. The van der Waals surface area contributed by atoms with Crippen molar-refractivity contribution in [3.05, 3.63) is 35.9 Å². The second kappa shape index (κ2) is 6.28. The lowest BCUT2D eigenvalue weighted by atomic mass is 10.1. The summed E-state index contributed by atoms with van der Waals surface area (Å²) >= 11 is 5.56. The summed E-state index contributed by atoms with van der Waals surface area (Å²) in [6, 6.07) is 8.18. The molecule has 0 saturated heterocycles. The van der Waals surface area contributed by atoms with Crippen LogP contribution >= 0.6 is 11.6 Å². The molecule has 0 spiro atoms. The van der Waals surface area contributed by atoms with Crippen LogP contribution in [0.2, 0.25) is 0 Å². The Morgan fingerprint density at radius 2 is 1.82 bits per heavy atom. The molecule has 1 unspecified atom stereocenters. The smallest absolute Gasteiger partial charge is 0.206 e. The van der Waals surface area contributed by atoms with Crippen molar-refractivity contribution in [2.45, 2.75) is 18.2 Å². The first-order chi connectivity index (χ1) is 7.95. The van der Waals surface area contributed by atoms with Gasteiger partial charge in [0.2, 0.25) is 0 Å². The van der Waals surface area contributed by atoms with Crippen molar-refractivity contribution < 1.29 is 17.2 Å². The molecule has 0 bridgehead atoms. The average molecular weight is 284 g/mol. The normalized spacial score (nSPS) is 13.9. The molecule has 1 aromatic carbocycles. The Morgan fingerprint density at radius 3 is 2.29 bits per heavy atom. The van der Waals surface area contributed by atoms with Gasteiger partial charge in [-0.15, -0.1) is 11.6 Å². The van der Waals surface area contributed by atoms with Gasteiger partial charge in [0.25, 0.3) is 10.0 Å². The number of hydrogen-bond acceptors (Lipinski definition) is 2. The molecular formula is C10H12ClF2NO2S. The molecule has 0 fully saturated rings. The van der Waals surface area contributed by atoms with Gasteiger partial charge < -0.3 is 0 Å². The highest BCUT2D eigenvalue weighted by Crippen LogP contribution is 2.08. The Morgan fingerprint density at radius 1 is 1.24 bits per heavy atom. The molecule has 0 heterocycles. The molecule has 0 aliphatic heterocycles. The van der Waals surface area contributed by atoms with E-state index in [4.69, 9.17) is 11.6 Å². The molecule has 1 atom stereocenters. The molecule has 0 aliphatic rings. The van der Waals surface area contributed by atoms with Crippen LogP contribution in [0.1, 0.15) is 5.56 Å². The van der Waals surface area contributed by atoms with Crippen LogP contribution in [0, 0.1) is 0 Å². The van der Waals surface area contributed by atoms with Gasteiger partial charge in [-0.25, -0.2) is 13.1 Å². The van der Waals surface area contributed by atoms with Crippen LogP contribution in [0.3, 0.4) is 0 Å². The predicted molar refractivity (Wildman–Crippen MR) is 62.7 cm³/mol. The van der Waals surface area contributed by atoms with Gasteiger partial charge in [-0.3, -0.25) is 0 Å². The van der Waals surface area contributed by atoms with Crippen LogP contribution in [-0.4, -0.2) is 26.1 Å². The fraction of sp³-hybridized carbons (Fsp3) is 0.400. The molecule has 0 radical (unpaired) electrons. The lowest BCUT2D eigenvalue weighted by molar-refractivity contribution is 0.231. The van der Waals surface area contributed by atoms with Crippen molar-refractivity contribution in [1.82, 2.24) is 4.72 Å². The number of sulfonamides is 1. The highest BCUT2D eigenvalue weighted by molar-refractivity contribution is 7.89. The van der Waals surface area contributed by atoms with Gasteiger partial charge in [0, 0.05) is 11.9 Å². The van der Waals surface area contributed by atoms with Gasteiger partial charge in [-0.1, -0.05) is 30.3 Å². The number of rotatable bonds is 6. The van der Waals surface area contributed by atoms with Crippen molar-refractivity contribution in [2.24, 2.45) is 0 Å². The van der Waals surface area contributed by atoms with Crippen LogP contribution in [0.5, 0.6) is 0 Å². The van der Waals surface area contributed by atoms with Gasteiger partial charge in [0.1, 0.15) is 0 Å². The molecule has 1 aromatic rings. The number of halogens is 3.